The van der Waals surface area contributed by atoms with E-state index in [1.165, 1.54) is 28.5 Å². The van der Waals surface area contributed by atoms with E-state index < -0.39 is 11.6 Å². The number of rotatable bonds is 6. The van der Waals surface area contributed by atoms with Gasteiger partial charge < -0.3 is 5.32 Å². The van der Waals surface area contributed by atoms with Crippen LogP contribution in [0.15, 0.2) is 47.8 Å². The van der Waals surface area contributed by atoms with E-state index in [4.69, 9.17) is 0 Å². The molecule has 3 rings (SSSR count). The third kappa shape index (κ3) is 4.93. The maximum atomic E-state index is 13.4. The minimum atomic E-state index is -0.924. The molecule has 0 aliphatic heterocycles. The number of thiazole rings is 1. The topological polar surface area (TPSA) is 42.0 Å². The average molecular weight is 405 g/mol. The second kappa shape index (κ2) is 8.63. The molecule has 0 saturated carbocycles. The molecule has 1 N–H and O–H groups in total. The number of carbonyl (C=O) groups excluding carboxylic acids is 1. The summed E-state index contributed by atoms with van der Waals surface area (Å²) in [5, 5.41) is 4.67. The van der Waals surface area contributed by atoms with Gasteiger partial charge in [-0.25, -0.2) is 13.8 Å². The lowest BCUT2D eigenvalue weighted by molar-refractivity contribution is -0.115. The molecule has 2 aromatic carbocycles. The van der Waals surface area contributed by atoms with Crippen molar-refractivity contribution >= 4 is 34.1 Å². The molecule has 3 nitrogen and oxygen atoms in total. The van der Waals surface area contributed by atoms with Gasteiger partial charge in [0, 0.05) is 16.7 Å². The average Bonchev–Trinajstić information content (AvgIpc) is 3.11. The summed E-state index contributed by atoms with van der Waals surface area (Å²) in [6.45, 7) is 3.90. The Morgan fingerprint density at radius 1 is 1.22 bits per heavy atom. The van der Waals surface area contributed by atoms with E-state index >= 15 is 0 Å². The lowest BCUT2D eigenvalue weighted by atomic mass is 10.1. The van der Waals surface area contributed by atoms with Crippen LogP contribution in [0.2, 0.25) is 0 Å². The van der Waals surface area contributed by atoms with E-state index in [0.717, 1.165) is 17.9 Å². The van der Waals surface area contributed by atoms with Crippen LogP contribution in [0.1, 0.15) is 18.1 Å². The van der Waals surface area contributed by atoms with Gasteiger partial charge >= 0.3 is 0 Å². The monoisotopic (exact) mass is 404 g/mol. The SMILES string of the molecule is Cc1ccccc1CSC(C)C(=O)Nc1nc(-c2ccc(F)c(F)c2)cs1. The summed E-state index contributed by atoms with van der Waals surface area (Å²) in [7, 11) is 0. The molecular weight excluding hydrogens is 386 g/mol. The Hall–Kier alpha value is -2.25. The highest BCUT2D eigenvalue weighted by Gasteiger charge is 2.16. The number of aryl methyl sites for hydroxylation is 1. The highest BCUT2D eigenvalue weighted by molar-refractivity contribution is 7.99. The molecule has 1 heterocycles. The standard InChI is InChI=1S/C20H18F2N2OS2/c1-12-5-3-4-6-15(12)10-26-13(2)19(25)24-20-23-18(11-27-20)14-7-8-16(21)17(22)9-14/h3-9,11,13H,10H2,1-2H3,(H,23,24,25). The Balaban J connectivity index is 1.60. The van der Waals surface area contributed by atoms with E-state index in [-0.39, 0.29) is 11.2 Å². The van der Waals surface area contributed by atoms with Gasteiger partial charge in [0.25, 0.3) is 0 Å². The zero-order valence-corrected chi connectivity index (χ0v) is 16.5. The first-order chi connectivity index (χ1) is 12.9. The molecule has 0 aliphatic rings. The predicted octanol–water partition coefficient (Wildman–Crippen LogP) is 5.66. The number of anilines is 1. The van der Waals surface area contributed by atoms with Crippen molar-refractivity contribution in [1.29, 1.82) is 0 Å². The molecule has 0 fully saturated rings. The van der Waals surface area contributed by atoms with Crippen molar-refractivity contribution in [2.45, 2.75) is 24.9 Å². The van der Waals surface area contributed by atoms with Crippen molar-refractivity contribution < 1.29 is 13.6 Å². The van der Waals surface area contributed by atoms with Crippen molar-refractivity contribution in [3.05, 3.63) is 70.6 Å². The number of aromatic nitrogens is 1. The van der Waals surface area contributed by atoms with Gasteiger partial charge in [0.15, 0.2) is 16.8 Å². The number of hydrogen-bond acceptors (Lipinski definition) is 4. The lowest BCUT2D eigenvalue weighted by Gasteiger charge is -2.11. The number of benzene rings is 2. The number of amides is 1. The van der Waals surface area contributed by atoms with Crippen molar-refractivity contribution in [2.75, 3.05) is 5.32 Å². The van der Waals surface area contributed by atoms with Crippen molar-refractivity contribution in [1.82, 2.24) is 4.98 Å². The van der Waals surface area contributed by atoms with Gasteiger partial charge in [-0.05, 0) is 43.2 Å². The summed E-state index contributed by atoms with van der Waals surface area (Å²) < 4.78 is 26.4. The minimum absolute atomic E-state index is 0.139. The molecule has 0 saturated heterocycles. The molecule has 0 radical (unpaired) electrons. The fourth-order valence-corrected chi connectivity index (χ4v) is 4.08. The molecule has 3 aromatic rings. The van der Waals surface area contributed by atoms with Crippen LogP contribution in [0, 0.1) is 18.6 Å². The molecule has 140 valence electrons. The molecule has 7 heteroatoms. The van der Waals surface area contributed by atoms with E-state index in [9.17, 15) is 13.6 Å². The Morgan fingerprint density at radius 2 is 2.00 bits per heavy atom. The van der Waals surface area contributed by atoms with Crippen LogP contribution < -0.4 is 5.32 Å². The fraction of sp³-hybridized carbons (Fsp3) is 0.200. The van der Waals surface area contributed by atoms with Crippen LogP contribution in [-0.4, -0.2) is 16.1 Å². The first-order valence-corrected chi connectivity index (χ1v) is 10.2. The highest BCUT2D eigenvalue weighted by atomic mass is 32.2. The lowest BCUT2D eigenvalue weighted by Crippen LogP contribution is -2.22. The number of nitrogens with zero attached hydrogens (tertiary/aromatic N) is 1. The molecule has 0 bridgehead atoms. The second-order valence-corrected chi connectivity index (χ2v) is 8.22. The Bertz CT molecular complexity index is 959. The normalized spacial score (nSPS) is 12.0. The van der Waals surface area contributed by atoms with Crippen LogP contribution >= 0.6 is 23.1 Å². The van der Waals surface area contributed by atoms with Gasteiger partial charge in [0.05, 0.1) is 10.9 Å². The van der Waals surface area contributed by atoms with Crippen molar-refractivity contribution in [2.24, 2.45) is 0 Å². The van der Waals surface area contributed by atoms with E-state index in [0.29, 0.717) is 16.4 Å². The minimum Gasteiger partial charge on any atom is -0.301 e. The molecule has 1 aromatic heterocycles. The van der Waals surface area contributed by atoms with E-state index in [1.807, 2.05) is 19.1 Å². The van der Waals surface area contributed by atoms with Gasteiger partial charge in [0.1, 0.15) is 0 Å². The highest BCUT2D eigenvalue weighted by Crippen LogP contribution is 2.27. The summed E-state index contributed by atoms with van der Waals surface area (Å²) in [4.78, 5) is 16.7. The molecule has 0 spiro atoms. The smallest absolute Gasteiger partial charge is 0.238 e. The number of hydrogen-bond donors (Lipinski definition) is 1. The van der Waals surface area contributed by atoms with Gasteiger partial charge in [-0.2, -0.15) is 0 Å². The van der Waals surface area contributed by atoms with Crippen LogP contribution in [0.25, 0.3) is 11.3 Å². The first-order valence-electron chi connectivity index (χ1n) is 8.32. The molecule has 1 amide bonds. The van der Waals surface area contributed by atoms with Gasteiger partial charge in [0.2, 0.25) is 5.91 Å². The molecule has 0 aliphatic carbocycles. The summed E-state index contributed by atoms with van der Waals surface area (Å²) in [6, 6.07) is 11.7. The zero-order valence-electron chi connectivity index (χ0n) is 14.8. The third-order valence-electron chi connectivity index (χ3n) is 4.07. The van der Waals surface area contributed by atoms with Crippen molar-refractivity contribution in [3.63, 3.8) is 0 Å². The van der Waals surface area contributed by atoms with E-state index in [1.54, 1.807) is 17.1 Å². The van der Waals surface area contributed by atoms with Gasteiger partial charge in [-0.3, -0.25) is 4.79 Å². The first kappa shape index (κ1) is 19.5. The fourth-order valence-electron chi connectivity index (χ4n) is 2.39. The Morgan fingerprint density at radius 3 is 2.74 bits per heavy atom. The largest absolute Gasteiger partial charge is 0.301 e. The van der Waals surface area contributed by atoms with E-state index in [2.05, 4.69) is 29.4 Å². The summed E-state index contributed by atoms with van der Waals surface area (Å²) in [5.74, 6) is -1.21. The van der Waals surface area contributed by atoms with Crippen molar-refractivity contribution in [3.8, 4) is 11.3 Å². The number of halogens is 2. The summed E-state index contributed by atoms with van der Waals surface area (Å²) in [6.07, 6.45) is 0. The van der Waals surface area contributed by atoms with Crippen LogP contribution in [0.4, 0.5) is 13.9 Å². The van der Waals surface area contributed by atoms with Crippen LogP contribution in [-0.2, 0) is 10.5 Å². The Labute approximate surface area is 164 Å². The molecule has 1 atom stereocenters. The summed E-state index contributed by atoms with van der Waals surface area (Å²) >= 11 is 2.80. The number of thioether (sulfide) groups is 1. The summed E-state index contributed by atoms with van der Waals surface area (Å²) in [5.41, 5.74) is 3.37. The maximum absolute atomic E-state index is 13.4. The predicted molar refractivity (Wildman–Crippen MR) is 108 cm³/mol. The van der Waals surface area contributed by atoms with Gasteiger partial charge in [-0.15, -0.1) is 23.1 Å². The maximum Gasteiger partial charge on any atom is 0.238 e. The molecule has 27 heavy (non-hydrogen) atoms. The molecule has 1 unspecified atom stereocenters. The van der Waals surface area contributed by atoms with Gasteiger partial charge in [-0.1, -0.05) is 24.3 Å². The van der Waals surface area contributed by atoms with Crippen LogP contribution in [0.5, 0.6) is 0 Å². The quantitative estimate of drug-likeness (QED) is 0.577. The second-order valence-electron chi connectivity index (χ2n) is 6.04. The zero-order chi connectivity index (χ0) is 19.4. The number of nitrogens with one attached hydrogen (secondary N) is 1. The van der Waals surface area contributed by atoms with Crippen LogP contribution in [0.3, 0.4) is 0 Å². The third-order valence-corrected chi connectivity index (χ3v) is 6.02. The Kier molecular flexibility index (Phi) is 6.23. The number of carbonyl (C=O) groups is 1. The molecular formula is C20H18F2N2OS2.